The summed E-state index contributed by atoms with van der Waals surface area (Å²) in [4.78, 5) is 10.7. The number of thioether (sulfide) groups is 1. The van der Waals surface area contributed by atoms with Gasteiger partial charge in [-0.1, -0.05) is 0 Å². The van der Waals surface area contributed by atoms with Crippen molar-refractivity contribution in [2.24, 2.45) is 0 Å². The van der Waals surface area contributed by atoms with Crippen molar-refractivity contribution in [2.45, 2.75) is 18.9 Å². The minimum Gasteiger partial charge on any atom is -0.342 e. The molecule has 0 aromatic rings. The molecule has 1 atom stereocenters. The molecular weight excluding hydrogens is 158 g/mol. The van der Waals surface area contributed by atoms with Gasteiger partial charge in [0.1, 0.15) is 0 Å². The first-order valence-corrected chi connectivity index (χ1v) is 4.83. The van der Waals surface area contributed by atoms with Gasteiger partial charge in [0.2, 0.25) is 0 Å². The van der Waals surface area contributed by atoms with Gasteiger partial charge in [-0.25, -0.2) is 0 Å². The average molecular weight is 169 g/mol. The van der Waals surface area contributed by atoms with Gasteiger partial charge in [0.15, 0.2) is 0 Å². The quantitative estimate of drug-likeness (QED) is 0.583. The third-order valence-electron chi connectivity index (χ3n) is 1.63. The minimum absolute atomic E-state index is 0.280. The third kappa shape index (κ3) is 2.85. The predicted octanol–water partition coefficient (Wildman–Crippen LogP) is 0.631. The lowest BCUT2D eigenvalue weighted by Gasteiger charge is -2.20. The normalized spacial score (nSPS) is 23.7. The minimum atomic E-state index is -0.280. The van der Waals surface area contributed by atoms with Crippen molar-refractivity contribution < 1.29 is 4.79 Å². The van der Waals surface area contributed by atoms with Crippen LogP contribution in [0.15, 0.2) is 0 Å². The topological polar surface area (TPSA) is 29.1 Å². The summed E-state index contributed by atoms with van der Waals surface area (Å²) in [6, 6.07) is 0.303. The number of hydrogen-bond donors (Lipinski definition) is 1. The molecule has 0 saturated carbocycles. The second-order valence-electron chi connectivity index (χ2n) is 2.53. The van der Waals surface area contributed by atoms with Gasteiger partial charge in [-0.2, -0.15) is 11.8 Å². The van der Waals surface area contributed by atoms with Crippen LogP contribution in [-0.2, 0) is 4.79 Å². The van der Waals surface area contributed by atoms with Crippen molar-refractivity contribution in [3.8, 4) is 12.3 Å². The Labute approximate surface area is 71.1 Å². The highest BCUT2D eigenvalue weighted by molar-refractivity contribution is 7.99. The smallest absolute Gasteiger partial charge is 0.295 e. The van der Waals surface area contributed by atoms with Crippen molar-refractivity contribution in [2.75, 3.05) is 11.5 Å². The molecule has 3 heteroatoms. The van der Waals surface area contributed by atoms with E-state index in [4.69, 9.17) is 6.42 Å². The lowest BCUT2D eigenvalue weighted by Crippen LogP contribution is -2.37. The van der Waals surface area contributed by atoms with E-state index in [0.29, 0.717) is 6.04 Å². The summed E-state index contributed by atoms with van der Waals surface area (Å²) in [7, 11) is 0. The summed E-state index contributed by atoms with van der Waals surface area (Å²) in [5.41, 5.74) is 0. The van der Waals surface area contributed by atoms with Crippen LogP contribution in [0.3, 0.4) is 0 Å². The van der Waals surface area contributed by atoms with Gasteiger partial charge in [0.05, 0.1) is 0 Å². The first-order valence-electron chi connectivity index (χ1n) is 3.68. The molecule has 0 bridgehead atoms. The standard InChI is InChI=1S/C8H11NOS/c1-2-8(10)9-7-4-3-5-11-6-7/h1,7H,3-6H2,(H,9,10). The zero-order chi connectivity index (χ0) is 8.10. The maximum atomic E-state index is 10.7. The van der Waals surface area contributed by atoms with Crippen LogP contribution in [-0.4, -0.2) is 23.5 Å². The average Bonchev–Trinajstić information content (AvgIpc) is 2.06. The summed E-state index contributed by atoms with van der Waals surface area (Å²) in [5.74, 6) is 3.99. The Morgan fingerprint density at radius 3 is 3.09 bits per heavy atom. The number of nitrogens with one attached hydrogen (secondary N) is 1. The summed E-state index contributed by atoms with van der Waals surface area (Å²) >= 11 is 1.87. The van der Waals surface area contributed by atoms with Crippen LogP contribution < -0.4 is 5.32 Å². The highest BCUT2D eigenvalue weighted by Crippen LogP contribution is 2.16. The zero-order valence-corrected chi connectivity index (χ0v) is 7.12. The van der Waals surface area contributed by atoms with E-state index in [1.54, 1.807) is 0 Å². The molecule has 1 aliphatic heterocycles. The van der Waals surface area contributed by atoms with Crippen LogP contribution >= 0.6 is 11.8 Å². The van der Waals surface area contributed by atoms with E-state index in [0.717, 1.165) is 12.2 Å². The van der Waals surface area contributed by atoms with E-state index < -0.39 is 0 Å². The maximum absolute atomic E-state index is 10.7. The van der Waals surface area contributed by atoms with Gasteiger partial charge in [-0.05, 0) is 24.5 Å². The van der Waals surface area contributed by atoms with E-state index in [1.165, 1.54) is 12.2 Å². The van der Waals surface area contributed by atoms with Gasteiger partial charge in [-0.15, -0.1) is 6.42 Å². The number of carbonyl (C=O) groups excluding carboxylic acids is 1. The van der Waals surface area contributed by atoms with E-state index >= 15 is 0 Å². The number of terminal acetylenes is 1. The first kappa shape index (κ1) is 8.48. The number of amides is 1. The molecule has 1 amide bonds. The highest BCUT2D eigenvalue weighted by Gasteiger charge is 2.14. The molecule has 1 saturated heterocycles. The molecule has 1 fully saturated rings. The third-order valence-corrected chi connectivity index (χ3v) is 2.84. The molecule has 2 nitrogen and oxygen atoms in total. The molecule has 0 radical (unpaired) electrons. The molecule has 0 spiro atoms. The maximum Gasteiger partial charge on any atom is 0.295 e. The van der Waals surface area contributed by atoms with Crippen LogP contribution in [0.4, 0.5) is 0 Å². The van der Waals surface area contributed by atoms with E-state index in [-0.39, 0.29) is 5.91 Å². The molecule has 0 aromatic carbocycles. The molecule has 1 unspecified atom stereocenters. The second-order valence-corrected chi connectivity index (χ2v) is 3.68. The van der Waals surface area contributed by atoms with Crippen LogP contribution in [0.25, 0.3) is 0 Å². The Balaban J connectivity index is 2.25. The summed E-state index contributed by atoms with van der Waals surface area (Å²) in [5, 5.41) is 2.77. The molecule has 1 rings (SSSR count). The van der Waals surface area contributed by atoms with Crippen LogP contribution in [0.1, 0.15) is 12.8 Å². The van der Waals surface area contributed by atoms with Gasteiger partial charge < -0.3 is 5.32 Å². The predicted molar refractivity (Wildman–Crippen MR) is 47.3 cm³/mol. The SMILES string of the molecule is C#CC(=O)NC1CCCSC1. The molecule has 60 valence electrons. The van der Waals surface area contributed by atoms with Gasteiger partial charge in [-0.3, -0.25) is 4.79 Å². The largest absolute Gasteiger partial charge is 0.342 e. The van der Waals surface area contributed by atoms with Crippen molar-refractivity contribution in [1.82, 2.24) is 5.32 Å². The van der Waals surface area contributed by atoms with Gasteiger partial charge in [0, 0.05) is 11.8 Å². The fourth-order valence-corrected chi connectivity index (χ4v) is 2.15. The van der Waals surface area contributed by atoms with Crippen molar-refractivity contribution in [1.29, 1.82) is 0 Å². The summed E-state index contributed by atoms with van der Waals surface area (Å²) < 4.78 is 0. The van der Waals surface area contributed by atoms with Crippen molar-refractivity contribution in [3.05, 3.63) is 0 Å². The lowest BCUT2D eigenvalue weighted by atomic mass is 10.2. The van der Waals surface area contributed by atoms with Crippen LogP contribution in [0, 0.1) is 12.3 Å². The fraction of sp³-hybridized carbons (Fsp3) is 0.625. The Morgan fingerprint density at radius 1 is 1.73 bits per heavy atom. The Morgan fingerprint density at radius 2 is 2.55 bits per heavy atom. The lowest BCUT2D eigenvalue weighted by molar-refractivity contribution is -0.116. The van der Waals surface area contributed by atoms with Crippen LogP contribution in [0.2, 0.25) is 0 Å². The van der Waals surface area contributed by atoms with Gasteiger partial charge in [0.25, 0.3) is 5.91 Å². The molecule has 0 aliphatic carbocycles. The molecule has 1 N–H and O–H groups in total. The van der Waals surface area contributed by atoms with E-state index in [2.05, 4.69) is 11.2 Å². The number of hydrogen-bond acceptors (Lipinski definition) is 2. The molecule has 0 aromatic heterocycles. The second kappa shape index (κ2) is 4.30. The molecule has 11 heavy (non-hydrogen) atoms. The van der Waals surface area contributed by atoms with E-state index in [9.17, 15) is 4.79 Å². The van der Waals surface area contributed by atoms with Crippen LogP contribution in [0.5, 0.6) is 0 Å². The molecule has 1 aliphatic rings. The fourth-order valence-electron chi connectivity index (χ4n) is 1.08. The van der Waals surface area contributed by atoms with Crippen molar-refractivity contribution in [3.63, 3.8) is 0 Å². The van der Waals surface area contributed by atoms with Gasteiger partial charge >= 0.3 is 0 Å². The Kier molecular flexibility index (Phi) is 3.31. The van der Waals surface area contributed by atoms with Crippen molar-refractivity contribution >= 4 is 17.7 Å². The Bertz CT molecular complexity index is 179. The monoisotopic (exact) mass is 169 g/mol. The highest BCUT2D eigenvalue weighted by atomic mass is 32.2. The van der Waals surface area contributed by atoms with E-state index in [1.807, 2.05) is 11.8 Å². The first-order chi connectivity index (χ1) is 5.33. The Hall–Kier alpha value is -0.620. The number of carbonyl (C=O) groups is 1. The zero-order valence-electron chi connectivity index (χ0n) is 6.30. The summed E-state index contributed by atoms with van der Waals surface area (Å²) in [6.07, 6.45) is 7.17. The summed E-state index contributed by atoms with van der Waals surface area (Å²) in [6.45, 7) is 0. The molecule has 1 heterocycles. The molecular formula is C8H11NOS. The number of rotatable bonds is 1.